The van der Waals surface area contributed by atoms with Crippen molar-refractivity contribution in [1.82, 2.24) is 9.78 Å². The molecule has 1 heterocycles. The molecule has 1 aromatic carbocycles. The van der Waals surface area contributed by atoms with Crippen LogP contribution in [0.1, 0.15) is 22.8 Å². The molecule has 0 unspecified atom stereocenters. The number of esters is 1. The van der Waals surface area contributed by atoms with E-state index in [0.717, 1.165) is 0 Å². The first-order valence-electron chi connectivity index (χ1n) is 5.47. The van der Waals surface area contributed by atoms with E-state index < -0.39 is 5.97 Å². The zero-order chi connectivity index (χ0) is 13.0. The van der Waals surface area contributed by atoms with Gasteiger partial charge < -0.3 is 4.74 Å². The van der Waals surface area contributed by atoms with Gasteiger partial charge in [0.15, 0.2) is 0 Å². The second-order valence-electron chi connectivity index (χ2n) is 3.52. The summed E-state index contributed by atoms with van der Waals surface area (Å²) in [4.78, 5) is 11.5. The number of rotatable bonds is 3. The van der Waals surface area contributed by atoms with E-state index in [4.69, 9.17) is 10.00 Å². The molecule has 0 N–H and O–H groups in total. The largest absolute Gasteiger partial charge is 0.462 e. The molecule has 90 valence electrons. The van der Waals surface area contributed by atoms with Crippen LogP contribution in [0.2, 0.25) is 0 Å². The van der Waals surface area contributed by atoms with Crippen molar-refractivity contribution >= 4 is 5.97 Å². The van der Waals surface area contributed by atoms with Crippen LogP contribution in [0.25, 0.3) is 5.69 Å². The van der Waals surface area contributed by atoms with Crippen molar-refractivity contribution in [1.29, 1.82) is 5.26 Å². The maximum Gasteiger partial charge on any atom is 0.341 e. The number of ether oxygens (including phenoxy) is 1. The molecule has 0 aliphatic carbocycles. The third kappa shape index (κ3) is 2.23. The maximum absolute atomic E-state index is 11.5. The molecule has 0 aliphatic rings. The minimum Gasteiger partial charge on any atom is -0.462 e. The number of nitriles is 1. The summed E-state index contributed by atoms with van der Waals surface area (Å²) in [6.07, 6.45) is 2.97. The molecule has 5 heteroatoms. The smallest absolute Gasteiger partial charge is 0.341 e. The van der Waals surface area contributed by atoms with Gasteiger partial charge in [-0.25, -0.2) is 9.48 Å². The minimum atomic E-state index is -0.418. The van der Waals surface area contributed by atoms with Gasteiger partial charge in [-0.2, -0.15) is 10.4 Å². The Balaban J connectivity index is 2.36. The first-order valence-corrected chi connectivity index (χ1v) is 5.47. The highest BCUT2D eigenvalue weighted by Gasteiger charge is 2.11. The van der Waals surface area contributed by atoms with Crippen molar-refractivity contribution in [2.45, 2.75) is 6.92 Å². The molecule has 2 aromatic rings. The second-order valence-corrected chi connectivity index (χ2v) is 3.52. The van der Waals surface area contributed by atoms with Gasteiger partial charge in [0.2, 0.25) is 0 Å². The van der Waals surface area contributed by atoms with E-state index in [2.05, 4.69) is 11.2 Å². The zero-order valence-corrected chi connectivity index (χ0v) is 9.83. The number of hydrogen-bond acceptors (Lipinski definition) is 4. The molecule has 0 saturated carbocycles. The molecular formula is C13H11N3O2. The molecule has 0 spiro atoms. The summed E-state index contributed by atoms with van der Waals surface area (Å²) in [5.74, 6) is -0.418. The third-order valence-electron chi connectivity index (χ3n) is 2.37. The van der Waals surface area contributed by atoms with Gasteiger partial charge >= 0.3 is 5.97 Å². The summed E-state index contributed by atoms with van der Waals surface area (Å²) in [6.45, 7) is 2.06. The minimum absolute atomic E-state index is 0.318. The van der Waals surface area contributed by atoms with Gasteiger partial charge in [0, 0.05) is 6.20 Å². The standard InChI is InChI=1S/C13H11N3O2/c1-2-18-13(17)11-8-15-16(9-11)12-6-4-3-5-10(12)7-14/h3-6,8-9H,2H2,1H3. The number of benzene rings is 1. The average Bonchev–Trinajstić information content (AvgIpc) is 2.88. The summed E-state index contributed by atoms with van der Waals surface area (Å²) in [6, 6.07) is 9.12. The summed E-state index contributed by atoms with van der Waals surface area (Å²) in [5, 5.41) is 13.1. The van der Waals surface area contributed by atoms with Crippen LogP contribution >= 0.6 is 0 Å². The van der Waals surface area contributed by atoms with Crippen molar-refractivity contribution in [2.24, 2.45) is 0 Å². The Labute approximate surface area is 104 Å². The fourth-order valence-electron chi connectivity index (χ4n) is 1.54. The van der Waals surface area contributed by atoms with Gasteiger partial charge in [-0.05, 0) is 19.1 Å². The number of carbonyl (C=O) groups excluding carboxylic acids is 1. The Kier molecular flexibility index (Phi) is 3.39. The Morgan fingerprint density at radius 3 is 3.00 bits per heavy atom. The molecule has 1 aromatic heterocycles. The first-order chi connectivity index (χ1) is 8.76. The van der Waals surface area contributed by atoms with Crippen LogP contribution in [0.4, 0.5) is 0 Å². The van der Waals surface area contributed by atoms with Crippen molar-refractivity contribution in [3.8, 4) is 11.8 Å². The number of carbonyl (C=O) groups is 1. The predicted octanol–water partition coefficient (Wildman–Crippen LogP) is 1.92. The molecule has 0 amide bonds. The summed E-state index contributed by atoms with van der Waals surface area (Å²) in [7, 11) is 0. The number of aromatic nitrogens is 2. The normalized spacial score (nSPS) is 9.78. The van der Waals surface area contributed by atoms with E-state index in [-0.39, 0.29) is 0 Å². The summed E-state index contributed by atoms with van der Waals surface area (Å²) < 4.78 is 6.37. The zero-order valence-electron chi connectivity index (χ0n) is 9.83. The quantitative estimate of drug-likeness (QED) is 0.770. The Hall–Kier alpha value is -2.61. The monoisotopic (exact) mass is 241 g/mol. The van der Waals surface area contributed by atoms with Crippen molar-refractivity contribution in [3.63, 3.8) is 0 Å². The number of nitrogens with zero attached hydrogens (tertiary/aromatic N) is 3. The van der Waals surface area contributed by atoms with Gasteiger partial charge in [-0.15, -0.1) is 0 Å². The molecule has 0 bridgehead atoms. The topological polar surface area (TPSA) is 67.9 Å². The summed E-state index contributed by atoms with van der Waals surface area (Å²) >= 11 is 0. The Morgan fingerprint density at radius 1 is 1.50 bits per heavy atom. The molecule has 0 saturated heterocycles. The molecule has 0 radical (unpaired) electrons. The molecular weight excluding hydrogens is 230 g/mol. The number of para-hydroxylation sites is 1. The van der Waals surface area contributed by atoms with Crippen LogP contribution in [-0.2, 0) is 4.74 Å². The predicted molar refractivity (Wildman–Crippen MR) is 64.2 cm³/mol. The van der Waals surface area contributed by atoms with E-state index in [9.17, 15) is 4.79 Å². The lowest BCUT2D eigenvalue weighted by Crippen LogP contribution is -2.03. The molecule has 0 atom stereocenters. The van der Waals surface area contributed by atoms with Crippen LogP contribution in [0, 0.1) is 11.3 Å². The molecule has 0 aliphatic heterocycles. The fraction of sp³-hybridized carbons (Fsp3) is 0.154. The van der Waals surface area contributed by atoms with Gasteiger partial charge in [-0.3, -0.25) is 0 Å². The van der Waals surface area contributed by atoms with Crippen molar-refractivity contribution < 1.29 is 9.53 Å². The average molecular weight is 241 g/mol. The maximum atomic E-state index is 11.5. The lowest BCUT2D eigenvalue weighted by molar-refractivity contribution is 0.0526. The second kappa shape index (κ2) is 5.15. The van der Waals surface area contributed by atoms with Crippen LogP contribution in [0.5, 0.6) is 0 Å². The van der Waals surface area contributed by atoms with Crippen LogP contribution < -0.4 is 0 Å². The highest BCUT2D eigenvalue weighted by molar-refractivity contribution is 5.88. The highest BCUT2D eigenvalue weighted by Crippen LogP contribution is 2.13. The van der Waals surface area contributed by atoms with E-state index >= 15 is 0 Å². The number of hydrogen-bond donors (Lipinski definition) is 0. The van der Waals surface area contributed by atoms with Gasteiger partial charge in [0.25, 0.3) is 0 Å². The SMILES string of the molecule is CCOC(=O)c1cnn(-c2ccccc2C#N)c1. The third-order valence-corrected chi connectivity index (χ3v) is 2.37. The van der Waals surface area contributed by atoms with E-state index in [0.29, 0.717) is 23.4 Å². The van der Waals surface area contributed by atoms with Crippen molar-refractivity contribution in [3.05, 3.63) is 47.8 Å². The van der Waals surface area contributed by atoms with Crippen LogP contribution in [0.15, 0.2) is 36.7 Å². The van der Waals surface area contributed by atoms with Gasteiger partial charge in [0.05, 0.1) is 29.6 Å². The lowest BCUT2D eigenvalue weighted by atomic mass is 10.2. The van der Waals surface area contributed by atoms with Crippen LogP contribution in [-0.4, -0.2) is 22.4 Å². The van der Waals surface area contributed by atoms with Gasteiger partial charge in [0.1, 0.15) is 6.07 Å². The summed E-state index contributed by atoms with van der Waals surface area (Å²) in [5.41, 5.74) is 1.50. The van der Waals surface area contributed by atoms with Crippen molar-refractivity contribution in [2.75, 3.05) is 6.61 Å². The first kappa shape index (κ1) is 11.9. The lowest BCUT2D eigenvalue weighted by Gasteiger charge is -2.02. The van der Waals surface area contributed by atoms with E-state index in [1.807, 2.05) is 6.07 Å². The van der Waals surface area contributed by atoms with Gasteiger partial charge in [-0.1, -0.05) is 12.1 Å². The highest BCUT2D eigenvalue weighted by atomic mass is 16.5. The van der Waals surface area contributed by atoms with E-state index in [1.165, 1.54) is 10.9 Å². The fourth-order valence-corrected chi connectivity index (χ4v) is 1.54. The molecule has 2 rings (SSSR count). The molecule has 18 heavy (non-hydrogen) atoms. The Morgan fingerprint density at radius 2 is 2.28 bits per heavy atom. The Bertz CT molecular complexity index is 611. The van der Waals surface area contributed by atoms with Crippen LogP contribution in [0.3, 0.4) is 0 Å². The van der Waals surface area contributed by atoms with E-state index in [1.54, 1.807) is 31.3 Å². The molecule has 5 nitrogen and oxygen atoms in total. The molecule has 0 fully saturated rings.